The summed E-state index contributed by atoms with van der Waals surface area (Å²) in [5.41, 5.74) is 0.902. The van der Waals surface area contributed by atoms with Gasteiger partial charge in [0.15, 0.2) is 0 Å². The van der Waals surface area contributed by atoms with Crippen molar-refractivity contribution in [1.82, 2.24) is 0 Å². The molecule has 0 fully saturated rings. The lowest BCUT2D eigenvalue weighted by Crippen LogP contribution is -2.23. The maximum Gasteiger partial charge on any atom is 0.416 e. The molecule has 4 rings (SSSR count). The SMILES string of the molecule is COc1ccc(-c2cc(C(F)(F)F)cc3c2OC(COS(=O)(=O)c2ccc(C)cc2)C3)c(OC)c1. The normalized spacial score (nSPS) is 15.4. The standard InChI is InChI=1S/C25H23F3O6S/c1-15-4-7-20(8-5-15)35(29,30)33-14-19-11-16-10-17(25(26,27)28)12-22(24(16)34-19)21-9-6-18(31-2)13-23(21)32-3/h4-10,12-13,19H,11,14H2,1-3H3. The number of rotatable bonds is 7. The van der Waals surface area contributed by atoms with Crippen LogP contribution in [0.3, 0.4) is 0 Å². The molecule has 0 N–H and O–H groups in total. The van der Waals surface area contributed by atoms with Gasteiger partial charge in [0, 0.05) is 23.6 Å². The van der Waals surface area contributed by atoms with Crippen LogP contribution in [-0.4, -0.2) is 35.3 Å². The molecular formula is C25H23F3O6S. The van der Waals surface area contributed by atoms with Crippen LogP contribution in [0, 0.1) is 6.92 Å². The van der Waals surface area contributed by atoms with Crippen molar-refractivity contribution in [3.05, 3.63) is 71.3 Å². The van der Waals surface area contributed by atoms with Crippen molar-refractivity contribution in [2.75, 3.05) is 20.8 Å². The van der Waals surface area contributed by atoms with E-state index in [0.29, 0.717) is 22.6 Å². The summed E-state index contributed by atoms with van der Waals surface area (Å²) in [7, 11) is -1.19. The average Bonchev–Trinajstić information content (AvgIpc) is 3.25. The van der Waals surface area contributed by atoms with Crippen LogP contribution in [0.25, 0.3) is 11.1 Å². The summed E-state index contributed by atoms with van der Waals surface area (Å²) in [6.45, 7) is 1.47. The molecule has 1 atom stereocenters. The first-order chi connectivity index (χ1) is 16.5. The quantitative estimate of drug-likeness (QED) is 0.398. The third-order valence-electron chi connectivity index (χ3n) is 5.64. The lowest BCUT2D eigenvalue weighted by molar-refractivity contribution is -0.137. The number of benzene rings is 3. The fourth-order valence-corrected chi connectivity index (χ4v) is 4.79. The summed E-state index contributed by atoms with van der Waals surface area (Å²) >= 11 is 0. The Bertz CT molecular complexity index is 1330. The van der Waals surface area contributed by atoms with Crippen molar-refractivity contribution >= 4 is 10.1 Å². The monoisotopic (exact) mass is 508 g/mol. The molecule has 3 aromatic carbocycles. The minimum atomic E-state index is -4.59. The molecule has 0 bridgehead atoms. The number of methoxy groups -OCH3 is 2. The Hall–Kier alpha value is -3.24. The molecule has 3 aromatic rings. The summed E-state index contributed by atoms with van der Waals surface area (Å²) in [6.07, 6.45) is -5.34. The molecule has 0 amide bonds. The summed E-state index contributed by atoms with van der Waals surface area (Å²) in [5.74, 6) is 1.00. The van der Waals surface area contributed by atoms with Gasteiger partial charge in [-0.05, 0) is 48.9 Å². The third-order valence-corrected chi connectivity index (χ3v) is 6.94. The largest absolute Gasteiger partial charge is 0.497 e. The topological polar surface area (TPSA) is 71.1 Å². The fourth-order valence-electron chi connectivity index (χ4n) is 3.85. The van der Waals surface area contributed by atoms with Gasteiger partial charge in [0.1, 0.15) is 30.0 Å². The summed E-state index contributed by atoms with van der Waals surface area (Å²) in [5, 5.41) is 0. The third kappa shape index (κ3) is 5.23. The van der Waals surface area contributed by atoms with E-state index in [-0.39, 0.29) is 29.2 Å². The maximum absolute atomic E-state index is 13.7. The molecule has 186 valence electrons. The van der Waals surface area contributed by atoms with Gasteiger partial charge < -0.3 is 14.2 Å². The van der Waals surface area contributed by atoms with E-state index in [4.69, 9.17) is 18.4 Å². The minimum absolute atomic E-state index is 0.0124. The zero-order valence-corrected chi connectivity index (χ0v) is 20.0. The van der Waals surface area contributed by atoms with E-state index >= 15 is 0 Å². The molecule has 1 unspecified atom stereocenters. The predicted octanol–water partition coefficient (Wildman–Crippen LogP) is 5.41. The zero-order chi connectivity index (χ0) is 25.4. The first-order valence-electron chi connectivity index (χ1n) is 10.6. The highest BCUT2D eigenvalue weighted by Crippen LogP contribution is 2.46. The van der Waals surface area contributed by atoms with E-state index in [2.05, 4.69) is 0 Å². The van der Waals surface area contributed by atoms with Gasteiger partial charge in [0.25, 0.3) is 10.1 Å². The number of fused-ring (bicyclic) bond motifs is 1. The van der Waals surface area contributed by atoms with E-state index in [1.165, 1.54) is 26.4 Å². The van der Waals surface area contributed by atoms with Crippen LogP contribution in [0.4, 0.5) is 13.2 Å². The number of halogens is 3. The number of aryl methyl sites for hydroxylation is 1. The van der Waals surface area contributed by atoms with E-state index in [9.17, 15) is 21.6 Å². The van der Waals surface area contributed by atoms with Gasteiger partial charge in [-0.2, -0.15) is 21.6 Å². The van der Waals surface area contributed by atoms with Crippen molar-refractivity contribution in [3.63, 3.8) is 0 Å². The van der Waals surface area contributed by atoms with Crippen molar-refractivity contribution in [3.8, 4) is 28.4 Å². The molecule has 35 heavy (non-hydrogen) atoms. The number of hydrogen-bond acceptors (Lipinski definition) is 6. The fraction of sp³-hybridized carbons (Fsp3) is 0.280. The van der Waals surface area contributed by atoms with Gasteiger partial charge >= 0.3 is 6.18 Å². The molecule has 1 heterocycles. The molecule has 0 aromatic heterocycles. The van der Waals surface area contributed by atoms with Gasteiger partial charge in [-0.15, -0.1) is 0 Å². The van der Waals surface area contributed by atoms with Gasteiger partial charge in [-0.25, -0.2) is 0 Å². The van der Waals surface area contributed by atoms with Crippen LogP contribution in [0.15, 0.2) is 59.5 Å². The van der Waals surface area contributed by atoms with Crippen LogP contribution in [0.5, 0.6) is 17.2 Å². The molecule has 0 saturated heterocycles. The highest BCUT2D eigenvalue weighted by atomic mass is 32.2. The zero-order valence-electron chi connectivity index (χ0n) is 19.2. The Morgan fingerprint density at radius 1 is 0.971 bits per heavy atom. The predicted molar refractivity (Wildman–Crippen MR) is 122 cm³/mol. The molecule has 0 radical (unpaired) electrons. The summed E-state index contributed by atoms with van der Waals surface area (Å²) in [6, 6.07) is 12.9. The van der Waals surface area contributed by atoms with Crippen LogP contribution in [-0.2, 0) is 26.9 Å². The lowest BCUT2D eigenvalue weighted by Gasteiger charge is -2.17. The van der Waals surface area contributed by atoms with Gasteiger partial charge in [-0.1, -0.05) is 17.7 Å². The molecule has 1 aliphatic heterocycles. The van der Waals surface area contributed by atoms with Crippen molar-refractivity contribution in [1.29, 1.82) is 0 Å². The first-order valence-corrected chi connectivity index (χ1v) is 12.0. The van der Waals surface area contributed by atoms with Gasteiger partial charge in [0.05, 0.1) is 24.7 Å². The highest BCUT2D eigenvalue weighted by molar-refractivity contribution is 7.86. The molecular weight excluding hydrogens is 485 g/mol. The Kier molecular flexibility index (Phi) is 6.70. The van der Waals surface area contributed by atoms with Crippen LogP contribution in [0.2, 0.25) is 0 Å². The van der Waals surface area contributed by atoms with Crippen molar-refractivity contribution < 1.29 is 40.0 Å². The van der Waals surface area contributed by atoms with E-state index in [1.54, 1.807) is 30.3 Å². The maximum atomic E-state index is 13.7. The average molecular weight is 509 g/mol. The summed E-state index contributed by atoms with van der Waals surface area (Å²) in [4.78, 5) is -0.0124. The summed E-state index contributed by atoms with van der Waals surface area (Å²) < 4.78 is 87.8. The number of hydrogen-bond donors (Lipinski definition) is 0. The first kappa shape index (κ1) is 24.9. The smallest absolute Gasteiger partial charge is 0.416 e. The second-order valence-corrected chi connectivity index (χ2v) is 9.69. The Morgan fingerprint density at radius 2 is 1.69 bits per heavy atom. The molecule has 0 spiro atoms. The Labute approximate surface area is 201 Å². The van der Waals surface area contributed by atoms with Crippen molar-refractivity contribution in [2.45, 2.75) is 30.5 Å². The molecule has 0 saturated carbocycles. The Morgan fingerprint density at radius 3 is 2.31 bits per heavy atom. The molecule has 0 aliphatic carbocycles. The minimum Gasteiger partial charge on any atom is -0.497 e. The van der Waals surface area contributed by atoms with Crippen LogP contribution >= 0.6 is 0 Å². The highest BCUT2D eigenvalue weighted by Gasteiger charge is 2.36. The van der Waals surface area contributed by atoms with Gasteiger partial charge in [0.2, 0.25) is 0 Å². The Balaban J connectivity index is 1.65. The van der Waals surface area contributed by atoms with E-state index < -0.39 is 28.0 Å². The van der Waals surface area contributed by atoms with Crippen LogP contribution < -0.4 is 14.2 Å². The van der Waals surface area contributed by atoms with E-state index in [0.717, 1.165) is 17.7 Å². The van der Waals surface area contributed by atoms with Gasteiger partial charge in [-0.3, -0.25) is 4.18 Å². The lowest BCUT2D eigenvalue weighted by atomic mass is 9.96. The second-order valence-electron chi connectivity index (χ2n) is 8.07. The van der Waals surface area contributed by atoms with E-state index in [1.807, 2.05) is 6.92 Å². The van der Waals surface area contributed by atoms with Crippen molar-refractivity contribution in [2.24, 2.45) is 0 Å². The molecule has 6 nitrogen and oxygen atoms in total. The molecule has 1 aliphatic rings. The second kappa shape index (κ2) is 9.43. The number of alkyl halides is 3. The molecule has 10 heteroatoms. The number of ether oxygens (including phenoxy) is 3. The van der Waals surface area contributed by atoms with Crippen LogP contribution in [0.1, 0.15) is 16.7 Å².